The van der Waals surface area contributed by atoms with Crippen molar-refractivity contribution in [2.24, 2.45) is 5.92 Å². The topological polar surface area (TPSA) is 65.8 Å². The lowest BCUT2D eigenvalue weighted by molar-refractivity contribution is 0.101. The van der Waals surface area contributed by atoms with Crippen molar-refractivity contribution in [3.63, 3.8) is 0 Å². The fourth-order valence-corrected chi connectivity index (χ4v) is 3.71. The van der Waals surface area contributed by atoms with Crippen LogP contribution in [0.5, 0.6) is 0 Å². The van der Waals surface area contributed by atoms with Crippen LogP contribution >= 0.6 is 11.3 Å². The van der Waals surface area contributed by atoms with Gasteiger partial charge < -0.3 is 5.32 Å². The number of Topliss-reactive ketones (excluding diaryl/α,β-unsaturated/α-hetero) is 1. The van der Waals surface area contributed by atoms with Gasteiger partial charge in [0.2, 0.25) is 0 Å². The molecule has 0 amide bonds. The second-order valence-corrected chi connectivity index (χ2v) is 8.14. The van der Waals surface area contributed by atoms with Crippen molar-refractivity contribution in [2.45, 2.75) is 27.2 Å². The Bertz CT molecular complexity index is 1050. The molecule has 1 heterocycles. The molecule has 1 N–H and O–H groups in total. The smallest absolute Gasteiger partial charge is 0.159 e. The molecule has 2 aromatic carbocycles. The normalized spacial score (nSPS) is 11.3. The monoisotopic (exact) mass is 401 g/mol. The van der Waals surface area contributed by atoms with Crippen molar-refractivity contribution in [1.82, 2.24) is 4.98 Å². The molecule has 3 rings (SSSR count). The van der Waals surface area contributed by atoms with Crippen LogP contribution in [-0.4, -0.2) is 10.8 Å². The van der Waals surface area contributed by atoms with Crippen LogP contribution in [0.2, 0.25) is 0 Å². The zero-order valence-electron chi connectivity index (χ0n) is 16.8. The largest absolute Gasteiger partial charge is 0.360 e. The summed E-state index contributed by atoms with van der Waals surface area (Å²) >= 11 is 1.45. The van der Waals surface area contributed by atoms with Crippen LogP contribution in [0.3, 0.4) is 0 Å². The van der Waals surface area contributed by atoms with Gasteiger partial charge in [-0.2, -0.15) is 5.26 Å². The van der Waals surface area contributed by atoms with E-state index in [2.05, 4.69) is 54.5 Å². The Morgan fingerprint density at radius 2 is 1.86 bits per heavy atom. The Kier molecular flexibility index (Phi) is 6.58. The molecular formula is C24H23N3OS. The average Bonchev–Trinajstić information content (AvgIpc) is 3.19. The van der Waals surface area contributed by atoms with E-state index in [1.165, 1.54) is 23.8 Å². The summed E-state index contributed by atoms with van der Waals surface area (Å²) in [4.78, 5) is 16.0. The van der Waals surface area contributed by atoms with Crippen molar-refractivity contribution in [1.29, 1.82) is 5.26 Å². The lowest BCUT2D eigenvalue weighted by atomic mass is 10.0. The van der Waals surface area contributed by atoms with Crippen LogP contribution in [0.1, 0.15) is 41.7 Å². The number of carbonyl (C=O) groups excluding carboxylic acids is 1. The number of nitrogens with zero attached hydrogens (tertiary/aromatic N) is 2. The third-order valence-electron chi connectivity index (χ3n) is 4.42. The number of benzene rings is 2. The average molecular weight is 402 g/mol. The number of nitriles is 1. The fraction of sp³-hybridized carbons (Fsp3) is 0.208. The van der Waals surface area contributed by atoms with Gasteiger partial charge >= 0.3 is 0 Å². The number of ketones is 1. The highest BCUT2D eigenvalue weighted by molar-refractivity contribution is 7.11. The number of rotatable bonds is 7. The van der Waals surface area contributed by atoms with Crippen molar-refractivity contribution in [2.75, 3.05) is 5.32 Å². The minimum Gasteiger partial charge on any atom is -0.360 e. The maximum Gasteiger partial charge on any atom is 0.159 e. The molecule has 0 saturated carbocycles. The number of thiazole rings is 1. The summed E-state index contributed by atoms with van der Waals surface area (Å²) in [6.45, 7) is 5.96. The van der Waals surface area contributed by atoms with Crippen LogP contribution in [0, 0.1) is 17.2 Å². The quantitative estimate of drug-likeness (QED) is 0.379. The SMILES string of the molecule is CC(=O)c1ccc(N/C=C(\C#N)c2nc(-c3ccc(CC(C)C)cc3)cs2)cc1. The number of anilines is 1. The first-order chi connectivity index (χ1) is 14.0. The van der Waals surface area contributed by atoms with E-state index >= 15 is 0 Å². The van der Waals surface area contributed by atoms with Crippen LogP contribution in [0.15, 0.2) is 60.1 Å². The van der Waals surface area contributed by atoms with Gasteiger partial charge in [0.15, 0.2) is 5.78 Å². The minimum absolute atomic E-state index is 0.0253. The Balaban J connectivity index is 1.74. The highest BCUT2D eigenvalue weighted by Gasteiger charge is 2.09. The standard InChI is InChI=1S/C24H23N3OS/c1-16(2)12-18-4-6-20(7-5-18)23-15-29-24(27-23)21(13-25)14-26-22-10-8-19(9-11-22)17(3)28/h4-11,14-16,26H,12H2,1-3H3/b21-14+. The molecule has 0 spiro atoms. The zero-order chi connectivity index (χ0) is 20.8. The molecule has 0 atom stereocenters. The minimum atomic E-state index is 0.0253. The van der Waals surface area contributed by atoms with E-state index < -0.39 is 0 Å². The molecular weight excluding hydrogens is 378 g/mol. The van der Waals surface area contributed by atoms with Crippen molar-refractivity contribution in [3.8, 4) is 17.3 Å². The van der Waals surface area contributed by atoms with E-state index in [-0.39, 0.29) is 5.78 Å². The van der Waals surface area contributed by atoms with E-state index in [1.54, 1.807) is 18.3 Å². The van der Waals surface area contributed by atoms with Gasteiger partial charge in [0.1, 0.15) is 16.6 Å². The van der Waals surface area contributed by atoms with Gasteiger partial charge in [-0.25, -0.2) is 4.98 Å². The van der Waals surface area contributed by atoms with Gasteiger partial charge in [-0.15, -0.1) is 11.3 Å². The summed E-state index contributed by atoms with van der Waals surface area (Å²) in [7, 11) is 0. The first kappa shape index (κ1) is 20.5. The lowest BCUT2D eigenvalue weighted by Gasteiger charge is -2.05. The number of allylic oxidation sites excluding steroid dienone is 1. The van der Waals surface area contributed by atoms with E-state index in [0.717, 1.165) is 23.4 Å². The second kappa shape index (κ2) is 9.31. The molecule has 146 valence electrons. The van der Waals surface area contributed by atoms with E-state index in [1.807, 2.05) is 17.5 Å². The molecule has 1 aromatic heterocycles. The van der Waals surface area contributed by atoms with Crippen molar-refractivity contribution in [3.05, 3.63) is 76.2 Å². The van der Waals surface area contributed by atoms with Crippen LogP contribution in [0.25, 0.3) is 16.8 Å². The van der Waals surface area contributed by atoms with E-state index in [0.29, 0.717) is 22.1 Å². The molecule has 4 nitrogen and oxygen atoms in total. The molecule has 0 unspecified atom stereocenters. The predicted octanol–water partition coefficient (Wildman–Crippen LogP) is 6.19. The summed E-state index contributed by atoms with van der Waals surface area (Å²) in [5.41, 5.74) is 5.16. The number of aromatic nitrogens is 1. The molecule has 29 heavy (non-hydrogen) atoms. The van der Waals surface area contributed by atoms with Crippen LogP contribution in [0.4, 0.5) is 5.69 Å². The third-order valence-corrected chi connectivity index (χ3v) is 5.30. The highest BCUT2D eigenvalue weighted by Crippen LogP contribution is 2.26. The highest BCUT2D eigenvalue weighted by atomic mass is 32.1. The fourth-order valence-electron chi connectivity index (χ4n) is 2.91. The number of hydrogen-bond acceptors (Lipinski definition) is 5. The van der Waals surface area contributed by atoms with Crippen LogP contribution in [-0.2, 0) is 6.42 Å². The van der Waals surface area contributed by atoms with Gasteiger partial charge in [0.05, 0.1) is 5.69 Å². The molecule has 0 aliphatic heterocycles. The predicted molar refractivity (Wildman–Crippen MR) is 120 cm³/mol. The Labute approximate surface area is 175 Å². The number of nitrogens with one attached hydrogen (secondary N) is 1. The first-order valence-electron chi connectivity index (χ1n) is 9.49. The zero-order valence-corrected chi connectivity index (χ0v) is 17.6. The molecule has 0 saturated heterocycles. The molecule has 0 bridgehead atoms. The van der Waals surface area contributed by atoms with Gasteiger partial charge in [-0.3, -0.25) is 4.79 Å². The lowest BCUT2D eigenvalue weighted by Crippen LogP contribution is -1.94. The van der Waals surface area contributed by atoms with Crippen molar-refractivity contribution < 1.29 is 4.79 Å². The Morgan fingerprint density at radius 3 is 2.45 bits per heavy atom. The second-order valence-electron chi connectivity index (χ2n) is 7.28. The Morgan fingerprint density at radius 1 is 1.17 bits per heavy atom. The number of hydrogen-bond donors (Lipinski definition) is 1. The van der Waals surface area contributed by atoms with E-state index in [4.69, 9.17) is 0 Å². The maximum atomic E-state index is 11.4. The Hall–Kier alpha value is -3.23. The third kappa shape index (κ3) is 5.40. The van der Waals surface area contributed by atoms with Gasteiger partial charge in [-0.1, -0.05) is 38.1 Å². The molecule has 0 aliphatic carbocycles. The van der Waals surface area contributed by atoms with Crippen LogP contribution < -0.4 is 5.32 Å². The van der Waals surface area contributed by atoms with Crippen molar-refractivity contribution >= 4 is 28.4 Å². The summed E-state index contributed by atoms with van der Waals surface area (Å²) in [6.07, 6.45) is 2.71. The number of carbonyl (C=O) groups is 1. The molecule has 5 heteroatoms. The maximum absolute atomic E-state index is 11.4. The summed E-state index contributed by atoms with van der Waals surface area (Å²) in [5.74, 6) is 0.651. The summed E-state index contributed by atoms with van der Waals surface area (Å²) in [5, 5.41) is 15.3. The first-order valence-corrected chi connectivity index (χ1v) is 10.4. The van der Waals surface area contributed by atoms with Gasteiger partial charge in [0, 0.05) is 28.4 Å². The molecule has 0 radical (unpaired) electrons. The van der Waals surface area contributed by atoms with Gasteiger partial charge in [0.25, 0.3) is 0 Å². The molecule has 3 aromatic rings. The van der Waals surface area contributed by atoms with Gasteiger partial charge in [-0.05, 0) is 49.1 Å². The summed E-state index contributed by atoms with van der Waals surface area (Å²) in [6, 6.07) is 17.8. The molecule has 0 fully saturated rings. The van der Waals surface area contributed by atoms with E-state index in [9.17, 15) is 10.1 Å². The summed E-state index contributed by atoms with van der Waals surface area (Å²) < 4.78 is 0. The molecule has 0 aliphatic rings.